The highest BCUT2D eigenvalue weighted by molar-refractivity contribution is 8.11. The fraction of sp³-hybridized carbons (Fsp3) is 1.00. The molecule has 11 heavy (non-hydrogen) atoms. The lowest BCUT2D eigenvalue weighted by Gasteiger charge is -2.11. The van der Waals surface area contributed by atoms with Crippen LogP contribution < -0.4 is 0 Å². The third-order valence-corrected chi connectivity index (χ3v) is 4.90. The Labute approximate surface area is 71.6 Å². The van der Waals surface area contributed by atoms with E-state index in [-0.39, 0.29) is 0 Å². The van der Waals surface area contributed by atoms with Crippen LogP contribution in [-0.2, 0) is 9.90 Å². The molecule has 0 amide bonds. The second-order valence-corrected chi connectivity index (χ2v) is 9.83. The molecule has 1 nitrogen and oxygen atoms in total. The minimum atomic E-state index is -4.37. The summed E-state index contributed by atoms with van der Waals surface area (Å²) in [5.41, 5.74) is -4.37. The molecule has 68 valence electrons. The predicted octanol–water partition coefficient (Wildman–Crippen LogP) is 3.30. The molecule has 7 heteroatoms. The Morgan fingerprint density at radius 1 is 1.27 bits per heavy atom. The van der Waals surface area contributed by atoms with E-state index in [0.717, 1.165) is 0 Å². The Morgan fingerprint density at radius 3 is 1.73 bits per heavy atom. The molecule has 0 saturated carbocycles. The Hall–Kier alpha value is 0.447. The largest absolute Gasteiger partial charge is 0.465 e. The van der Waals surface area contributed by atoms with E-state index in [0.29, 0.717) is 0 Å². The quantitative estimate of drug-likeness (QED) is 0.605. The highest BCUT2D eigenvalue weighted by atomic mass is 35.7. The molecule has 0 aliphatic rings. The van der Waals surface area contributed by atoms with Crippen molar-refractivity contribution in [2.24, 2.45) is 4.03 Å². The third-order valence-electron chi connectivity index (χ3n) is 0.545. The fourth-order valence-corrected chi connectivity index (χ4v) is 4.49. The monoisotopic (exact) mass is 223 g/mol. The van der Waals surface area contributed by atoms with Crippen molar-refractivity contribution in [2.75, 3.05) is 0 Å². The zero-order valence-corrected chi connectivity index (χ0v) is 8.94. The SMILES string of the molecule is C[Si](C)(C)/N=S(\Cl)C(F)(F)F. The Bertz CT molecular complexity index is 173. The highest BCUT2D eigenvalue weighted by Gasteiger charge is 2.34. The van der Waals surface area contributed by atoms with Crippen LogP contribution in [0.4, 0.5) is 13.2 Å². The average Bonchev–Trinajstić information content (AvgIpc) is 1.56. The maximum atomic E-state index is 11.8. The van der Waals surface area contributed by atoms with Gasteiger partial charge in [0.25, 0.3) is 0 Å². The van der Waals surface area contributed by atoms with E-state index >= 15 is 0 Å². The van der Waals surface area contributed by atoms with Gasteiger partial charge in [0.05, 0.1) is 9.90 Å². The van der Waals surface area contributed by atoms with Gasteiger partial charge in [-0.05, 0) is 30.3 Å². The van der Waals surface area contributed by atoms with Gasteiger partial charge >= 0.3 is 5.51 Å². The zero-order chi connectivity index (χ0) is 9.28. The third kappa shape index (κ3) is 5.69. The summed E-state index contributed by atoms with van der Waals surface area (Å²) in [7, 11) is 0.670. The van der Waals surface area contributed by atoms with E-state index in [1.54, 1.807) is 19.6 Å². The summed E-state index contributed by atoms with van der Waals surface area (Å²) in [6, 6.07) is 0. The van der Waals surface area contributed by atoms with Crippen molar-refractivity contribution in [1.29, 1.82) is 0 Å². The van der Waals surface area contributed by atoms with Crippen molar-refractivity contribution >= 4 is 28.8 Å². The van der Waals surface area contributed by atoms with Gasteiger partial charge in [0, 0.05) is 0 Å². The maximum absolute atomic E-state index is 11.8. The molecule has 0 rings (SSSR count). The number of hydrogen-bond donors (Lipinski definition) is 0. The number of hydrogen-bond acceptors (Lipinski definition) is 1. The molecule has 0 aliphatic heterocycles. The van der Waals surface area contributed by atoms with E-state index in [9.17, 15) is 13.2 Å². The van der Waals surface area contributed by atoms with Gasteiger partial charge in [0.1, 0.15) is 0 Å². The van der Waals surface area contributed by atoms with Gasteiger partial charge < -0.3 is 0 Å². The standard InChI is InChI=1S/C4H9ClF3NSSi/c1-11(2,3)9-10(5)4(6,7)8/h1-3H3. The topological polar surface area (TPSA) is 12.4 Å². The Morgan fingerprint density at radius 2 is 1.64 bits per heavy atom. The van der Waals surface area contributed by atoms with E-state index in [1.807, 2.05) is 0 Å². The molecule has 0 bridgehead atoms. The minimum absolute atomic E-state index is 1.71. The molecule has 0 radical (unpaired) electrons. The molecule has 1 unspecified atom stereocenters. The summed E-state index contributed by atoms with van der Waals surface area (Å²) in [6.45, 7) is 5.13. The molecule has 0 aromatic rings. The van der Waals surface area contributed by atoms with Crippen molar-refractivity contribution < 1.29 is 13.2 Å². The van der Waals surface area contributed by atoms with Crippen molar-refractivity contribution in [1.82, 2.24) is 0 Å². The Balaban J connectivity index is 4.49. The van der Waals surface area contributed by atoms with Crippen LogP contribution in [0.25, 0.3) is 0 Å². The highest BCUT2D eigenvalue weighted by Crippen LogP contribution is 2.26. The molecule has 0 saturated heterocycles. The molecule has 0 spiro atoms. The molecule has 0 aromatic carbocycles. The molecule has 0 fully saturated rings. The minimum Gasteiger partial charge on any atom is -0.282 e. The lowest BCUT2D eigenvalue weighted by molar-refractivity contribution is -0.0339. The molecule has 0 heterocycles. The summed E-state index contributed by atoms with van der Waals surface area (Å²) in [5.74, 6) is 0. The lowest BCUT2D eigenvalue weighted by atomic mass is 11.6. The van der Waals surface area contributed by atoms with Crippen LogP contribution in [0.1, 0.15) is 0 Å². The summed E-state index contributed by atoms with van der Waals surface area (Å²) >= 11 is 0. The Kier molecular flexibility index (Phi) is 3.59. The lowest BCUT2D eigenvalue weighted by Crippen LogP contribution is -2.21. The molecule has 0 aliphatic carbocycles. The van der Waals surface area contributed by atoms with E-state index in [2.05, 4.69) is 4.03 Å². The van der Waals surface area contributed by atoms with E-state index < -0.39 is 23.6 Å². The van der Waals surface area contributed by atoms with E-state index in [4.69, 9.17) is 10.7 Å². The van der Waals surface area contributed by atoms with Crippen molar-refractivity contribution in [2.45, 2.75) is 25.1 Å². The normalized spacial score (nSPS) is 17.0. The number of rotatable bonds is 1. The van der Waals surface area contributed by atoms with Gasteiger partial charge in [0.15, 0.2) is 8.24 Å². The smallest absolute Gasteiger partial charge is 0.282 e. The number of halogens is 4. The summed E-state index contributed by atoms with van der Waals surface area (Å²) in [6.07, 6.45) is 0. The van der Waals surface area contributed by atoms with Crippen molar-refractivity contribution in [3.05, 3.63) is 0 Å². The van der Waals surface area contributed by atoms with Crippen LogP contribution in [0, 0.1) is 0 Å². The van der Waals surface area contributed by atoms with Gasteiger partial charge in [-0.1, -0.05) is 0 Å². The molecular formula is C4H9ClF3NSSi. The molecule has 1 atom stereocenters. The maximum Gasteiger partial charge on any atom is 0.465 e. The second-order valence-electron chi connectivity index (χ2n) is 2.95. The molecular weight excluding hydrogens is 215 g/mol. The summed E-state index contributed by atoms with van der Waals surface area (Å²) < 4.78 is 38.9. The number of nitrogens with zero attached hydrogens (tertiary/aromatic N) is 1. The first kappa shape index (κ1) is 11.4. The first-order valence-electron chi connectivity index (χ1n) is 2.83. The van der Waals surface area contributed by atoms with Gasteiger partial charge in [-0.3, -0.25) is 4.03 Å². The fourth-order valence-electron chi connectivity index (χ4n) is 0.292. The van der Waals surface area contributed by atoms with Crippen LogP contribution in [-0.4, -0.2) is 13.7 Å². The second kappa shape index (κ2) is 3.45. The predicted molar refractivity (Wildman–Crippen MR) is 45.0 cm³/mol. The first-order chi connectivity index (χ1) is 4.63. The van der Waals surface area contributed by atoms with Crippen LogP contribution in [0.15, 0.2) is 4.03 Å². The first-order valence-corrected chi connectivity index (χ1v) is 8.29. The van der Waals surface area contributed by atoms with E-state index in [1.165, 1.54) is 0 Å². The summed E-state index contributed by atoms with van der Waals surface area (Å²) in [4.78, 5) is 0. The zero-order valence-electron chi connectivity index (χ0n) is 6.37. The summed E-state index contributed by atoms with van der Waals surface area (Å²) in [5, 5.41) is 0. The number of alkyl halides is 3. The van der Waals surface area contributed by atoms with Crippen LogP contribution >= 0.6 is 10.7 Å². The van der Waals surface area contributed by atoms with Gasteiger partial charge in [0.2, 0.25) is 0 Å². The molecule has 0 N–H and O–H groups in total. The van der Waals surface area contributed by atoms with Gasteiger partial charge in [-0.15, -0.1) is 0 Å². The van der Waals surface area contributed by atoms with Crippen LogP contribution in [0.3, 0.4) is 0 Å². The van der Waals surface area contributed by atoms with Gasteiger partial charge in [-0.2, -0.15) is 13.2 Å². The van der Waals surface area contributed by atoms with Gasteiger partial charge in [-0.25, -0.2) is 0 Å². The van der Waals surface area contributed by atoms with Crippen LogP contribution in [0.2, 0.25) is 19.6 Å². The van der Waals surface area contributed by atoms with Crippen molar-refractivity contribution in [3.63, 3.8) is 0 Å². The molecule has 0 aromatic heterocycles. The van der Waals surface area contributed by atoms with Crippen LogP contribution in [0.5, 0.6) is 0 Å². The van der Waals surface area contributed by atoms with Crippen molar-refractivity contribution in [3.8, 4) is 0 Å². The average molecular weight is 224 g/mol.